The fourth-order valence-corrected chi connectivity index (χ4v) is 4.34. The van der Waals surface area contributed by atoms with Gasteiger partial charge in [-0.25, -0.2) is 0 Å². The van der Waals surface area contributed by atoms with Crippen LogP contribution in [0.4, 0.5) is 0 Å². The van der Waals surface area contributed by atoms with Crippen molar-refractivity contribution in [2.45, 2.75) is 26.7 Å². The largest absolute Gasteiger partial charge is 0.0812 e. The van der Waals surface area contributed by atoms with Gasteiger partial charge in [-0.15, -0.1) is 0 Å². The molecule has 0 saturated heterocycles. The van der Waals surface area contributed by atoms with Crippen molar-refractivity contribution in [1.82, 2.24) is 0 Å². The normalized spacial score (nSPS) is 31.9. The van der Waals surface area contributed by atoms with Crippen LogP contribution in [-0.2, 0) is 0 Å². The van der Waals surface area contributed by atoms with Crippen LogP contribution < -0.4 is 0 Å². The first-order valence-corrected chi connectivity index (χ1v) is 7.02. The molecule has 0 atom stereocenters. The van der Waals surface area contributed by atoms with Crippen molar-refractivity contribution in [1.29, 1.82) is 0 Å². The standard InChI is InChI=1S/C12H14S2/c1-9-5-3-7-11-10(2)12(14-13-11)8-4-6-9/h3,5-7H,4,8H2,1-2H3/b5-3-,9-6+,11-7+. The predicted octanol–water partition coefficient (Wildman–Crippen LogP) is 4.84. The molecule has 0 amide bonds. The minimum Gasteiger partial charge on any atom is -0.0812 e. The second-order valence-corrected chi connectivity index (χ2v) is 5.86. The minimum atomic E-state index is 1.17. The summed E-state index contributed by atoms with van der Waals surface area (Å²) in [4.78, 5) is 2.98. The van der Waals surface area contributed by atoms with Gasteiger partial charge in [0.15, 0.2) is 0 Å². The molecular formula is C12H14S2. The van der Waals surface area contributed by atoms with E-state index in [1.165, 1.54) is 28.9 Å². The van der Waals surface area contributed by atoms with E-state index in [-0.39, 0.29) is 0 Å². The Hall–Kier alpha value is -0.340. The van der Waals surface area contributed by atoms with Crippen molar-refractivity contribution in [2.24, 2.45) is 0 Å². The van der Waals surface area contributed by atoms with Gasteiger partial charge in [0.25, 0.3) is 0 Å². The van der Waals surface area contributed by atoms with E-state index in [9.17, 15) is 0 Å². The Morgan fingerprint density at radius 2 is 2.07 bits per heavy atom. The van der Waals surface area contributed by atoms with Crippen molar-refractivity contribution >= 4 is 21.6 Å². The Balaban J connectivity index is 2.32. The molecule has 2 bridgehead atoms. The zero-order valence-electron chi connectivity index (χ0n) is 8.54. The molecule has 0 nitrogen and oxygen atoms in total. The first-order chi connectivity index (χ1) is 6.77. The fraction of sp³-hybridized carbons (Fsp3) is 0.333. The molecule has 0 aromatic carbocycles. The van der Waals surface area contributed by atoms with Gasteiger partial charge >= 0.3 is 0 Å². The fourth-order valence-electron chi connectivity index (χ4n) is 1.53. The summed E-state index contributed by atoms with van der Waals surface area (Å²) in [5, 5.41) is 0. The van der Waals surface area contributed by atoms with Gasteiger partial charge in [0.1, 0.15) is 0 Å². The van der Waals surface area contributed by atoms with E-state index in [0.717, 1.165) is 0 Å². The van der Waals surface area contributed by atoms with Gasteiger partial charge in [-0.1, -0.05) is 45.4 Å². The van der Waals surface area contributed by atoms with Crippen molar-refractivity contribution in [3.63, 3.8) is 0 Å². The molecule has 1 aliphatic heterocycles. The molecule has 1 aliphatic carbocycles. The van der Waals surface area contributed by atoms with Gasteiger partial charge in [-0.05, 0) is 38.3 Å². The van der Waals surface area contributed by atoms with Crippen molar-refractivity contribution in [2.75, 3.05) is 0 Å². The van der Waals surface area contributed by atoms with E-state index < -0.39 is 0 Å². The van der Waals surface area contributed by atoms with Crippen LogP contribution in [0.3, 0.4) is 0 Å². The highest BCUT2D eigenvalue weighted by molar-refractivity contribution is 8.80. The van der Waals surface area contributed by atoms with E-state index in [1.54, 1.807) is 4.91 Å². The van der Waals surface area contributed by atoms with Crippen LogP contribution in [0.25, 0.3) is 0 Å². The van der Waals surface area contributed by atoms with Gasteiger partial charge in [0, 0.05) is 9.81 Å². The molecule has 0 radical (unpaired) electrons. The van der Waals surface area contributed by atoms with Gasteiger partial charge in [0.2, 0.25) is 0 Å². The summed E-state index contributed by atoms with van der Waals surface area (Å²) < 4.78 is 0. The van der Waals surface area contributed by atoms with Crippen molar-refractivity contribution in [3.05, 3.63) is 45.3 Å². The highest BCUT2D eigenvalue weighted by atomic mass is 33.1. The average molecular weight is 222 g/mol. The second kappa shape index (κ2) is 4.45. The van der Waals surface area contributed by atoms with E-state index in [2.05, 4.69) is 38.2 Å². The second-order valence-electron chi connectivity index (χ2n) is 3.59. The lowest BCUT2D eigenvalue weighted by Crippen LogP contribution is -1.81. The molecular weight excluding hydrogens is 208 g/mol. The number of allylic oxidation sites excluding steroid dienone is 7. The van der Waals surface area contributed by atoms with Crippen LogP contribution in [0.2, 0.25) is 0 Å². The van der Waals surface area contributed by atoms with Crippen LogP contribution in [-0.4, -0.2) is 0 Å². The SMILES string of the molecule is CC1=C2CC/C=C(C)/C=C\C=C/1SS2. The maximum Gasteiger partial charge on any atom is 0.0223 e. The molecule has 0 spiro atoms. The monoisotopic (exact) mass is 222 g/mol. The number of hydrogen-bond donors (Lipinski definition) is 0. The Labute approximate surface area is 93.6 Å². The highest BCUT2D eigenvalue weighted by Gasteiger charge is 2.16. The molecule has 0 unspecified atom stereocenters. The smallest absolute Gasteiger partial charge is 0.0223 e. The van der Waals surface area contributed by atoms with Crippen molar-refractivity contribution < 1.29 is 0 Å². The Kier molecular flexibility index (Phi) is 3.24. The van der Waals surface area contributed by atoms with Gasteiger partial charge in [-0.2, -0.15) is 0 Å². The van der Waals surface area contributed by atoms with E-state index in [1.807, 2.05) is 21.6 Å². The van der Waals surface area contributed by atoms with E-state index >= 15 is 0 Å². The molecule has 0 aromatic heterocycles. The summed E-state index contributed by atoms with van der Waals surface area (Å²) >= 11 is 0. The summed E-state index contributed by atoms with van der Waals surface area (Å²) in [5.41, 5.74) is 2.86. The summed E-state index contributed by atoms with van der Waals surface area (Å²) in [6.07, 6.45) is 11.3. The molecule has 0 fully saturated rings. The first-order valence-electron chi connectivity index (χ1n) is 4.87. The zero-order valence-corrected chi connectivity index (χ0v) is 10.2. The van der Waals surface area contributed by atoms with Crippen LogP contribution >= 0.6 is 21.6 Å². The van der Waals surface area contributed by atoms with Crippen molar-refractivity contribution in [3.8, 4) is 0 Å². The minimum absolute atomic E-state index is 1.17. The lowest BCUT2D eigenvalue weighted by Gasteiger charge is -2.01. The van der Waals surface area contributed by atoms with E-state index in [4.69, 9.17) is 0 Å². The van der Waals surface area contributed by atoms with Crippen LogP contribution in [0.15, 0.2) is 45.3 Å². The van der Waals surface area contributed by atoms with Gasteiger partial charge in [0.05, 0.1) is 0 Å². The zero-order chi connectivity index (χ0) is 9.97. The summed E-state index contributed by atoms with van der Waals surface area (Å²) in [7, 11) is 3.83. The summed E-state index contributed by atoms with van der Waals surface area (Å²) in [6.45, 7) is 4.40. The molecule has 74 valence electrons. The molecule has 0 N–H and O–H groups in total. The number of fused-ring (bicyclic) bond motifs is 1. The predicted molar refractivity (Wildman–Crippen MR) is 68.1 cm³/mol. The Bertz CT molecular complexity index is 357. The third-order valence-electron chi connectivity index (χ3n) is 2.46. The van der Waals surface area contributed by atoms with Crippen LogP contribution in [0.5, 0.6) is 0 Å². The van der Waals surface area contributed by atoms with Crippen LogP contribution in [0, 0.1) is 0 Å². The quantitative estimate of drug-likeness (QED) is 0.538. The molecule has 14 heavy (non-hydrogen) atoms. The number of hydrogen-bond acceptors (Lipinski definition) is 2. The molecule has 2 rings (SSSR count). The third kappa shape index (κ3) is 2.18. The molecule has 2 aliphatic rings. The number of rotatable bonds is 0. The third-order valence-corrected chi connectivity index (χ3v) is 5.27. The molecule has 2 heteroatoms. The van der Waals surface area contributed by atoms with Crippen LogP contribution in [0.1, 0.15) is 26.7 Å². The summed E-state index contributed by atoms with van der Waals surface area (Å²) in [5.74, 6) is 0. The lowest BCUT2D eigenvalue weighted by atomic mass is 10.1. The molecule has 0 aromatic rings. The topological polar surface area (TPSA) is 0 Å². The maximum atomic E-state index is 2.32. The highest BCUT2D eigenvalue weighted by Crippen LogP contribution is 2.51. The Morgan fingerprint density at radius 3 is 2.93 bits per heavy atom. The lowest BCUT2D eigenvalue weighted by molar-refractivity contribution is 1.02. The summed E-state index contributed by atoms with van der Waals surface area (Å²) in [6, 6.07) is 0. The molecule has 1 heterocycles. The van der Waals surface area contributed by atoms with Gasteiger partial charge < -0.3 is 0 Å². The van der Waals surface area contributed by atoms with Gasteiger partial charge in [-0.3, -0.25) is 0 Å². The molecule has 0 saturated carbocycles. The maximum absolute atomic E-state index is 2.32. The van der Waals surface area contributed by atoms with E-state index in [0.29, 0.717) is 0 Å². The first kappa shape index (κ1) is 10.2. The average Bonchev–Trinajstić information content (AvgIpc) is 2.50. The Morgan fingerprint density at radius 1 is 1.21 bits per heavy atom.